The summed E-state index contributed by atoms with van der Waals surface area (Å²) >= 11 is 7.35. The van der Waals surface area contributed by atoms with Gasteiger partial charge >= 0.3 is 7.69 Å². The Hall–Kier alpha value is -5.90. The van der Waals surface area contributed by atoms with E-state index in [1.807, 2.05) is 34.8 Å². The van der Waals surface area contributed by atoms with Gasteiger partial charge in [-0.1, -0.05) is 120 Å². The van der Waals surface area contributed by atoms with E-state index in [-0.39, 0.29) is 7.43 Å². The first-order chi connectivity index (χ1) is 27.7. The SMILES string of the molecule is Brc1ccc2c(c1)c1ccccc1n2-c1cccc2c1sc1ccccc12.C.O[B]Oc1ccc2c(c1)c1ccccc1n2-c1cccc2c1sc1ccccc12. The molecule has 0 saturated heterocycles. The van der Waals surface area contributed by atoms with E-state index in [1.165, 1.54) is 73.5 Å². The van der Waals surface area contributed by atoms with Crippen LogP contribution in [0.4, 0.5) is 0 Å². The van der Waals surface area contributed by atoms with Crippen molar-refractivity contribution in [1.29, 1.82) is 0 Å². The smallest absolute Gasteiger partial charge is 0.537 e. The molecule has 4 nitrogen and oxygen atoms in total. The highest BCUT2D eigenvalue weighted by Crippen LogP contribution is 2.43. The maximum Gasteiger partial charge on any atom is 0.569 e. The molecule has 0 saturated carbocycles. The van der Waals surface area contributed by atoms with Crippen molar-refractivity contribution in [3.8, 4) is 17.1 Å². The highest BCUT2D eigenvalue weighted by atomic mass is 79.9. The Morgan fingerprint density at radius 2 is 0.877 bits per heavy atom. The van der Waals surface area contributed by atoms with Gasteiger partial charge in [-0.3, -0.25) is 0 Å². The van der Waals surface area contributed by atoms with E-state index in [1.54, 1.807) is 0 Å². The number of benzene rings is 8. The van der Waals surface area contributed by atoms with Crippen LogP contribution in [0.25, 0.3) is 95.3 Å². The summed E-state index contributed by atoms with van der Waals surface area (Å²) in [5, 5.41) is 19.1. The van der Waals surface area contributed by atoms with Crippen LogP contribution in [0.15, 0.2) is 174 Å². The van der Waals surface area contributed by atoms with Crippen LogP contribution in [0.1, 0.15) is 7.43 Å². The molecule has 0 fully saturated rings. The van der Waals surface area contributed by atoms with E-state index in [0.717, 1.165) is 34.0 Å². The van der Waals surface area contributed by atoms with Gasteiger partial charge in [-0.15, -0.1) is 22.7 Å². The zero-order chi connectivity index (χ0) is 37.3. The molecule has 0 amide bonds. The van der Waals surface area contributed by atoms with Crippen LogP contribution in [0, 0.1) is 0 Å². The van der Waals surface area contributed by atoms with Crippen LogP contribution >= 0.6 is 38.6 Å². The summed E-state index contributed by atoms with van der Waals surface area (Å²) in [5.41, 5.74) is 7.18. The van der Waals surface area contributed by atoms with Gasteiger partial charge in [-0.05, 0) is 72.8 Å². The molecule has 273 valence electrons. The van der Waals surface area contributed by atoms with Gasteiger partial charge in [0.2, 0.25) is 0 Å². The van der Waals surface area contributed by atoms with Crippen molar-refractivity contribution in [2.75, 3.05) is 0 Å². The Bertz CT molecular complexity index is 3490. The van der Waals surface area contributed by atoms with E-state index < -0.39 is 0 Å². The number of hydrogen-bond donors (Lipinski definition) is 1. The maximum atomic E-state index is 9.02. The molecule has 8 aromatic carbocycles. The molecule has 0 spiro atoms. The normalized spacial score (nSPS) is 11.5. The van der Waals surface area contributed by atoms with Gasteiger partial charge in [-0.2, -0.15) is 0 Å². The Morgan fingerprint density at radius 1 is 0.439 bits per heavy atom. The molecule has 8 heteroatoms. The minimum atomic E-state index is 0. The standard InChI is InChI=1S/C24H15BNO2S.C24H14BrNS.CH4/c27-25-28-15-12-13-21-19(14-15)16-6-1-3-9-20(16)26(21)22-10-5-8-18-17-7-2-4-11-23(17)29-24(18)22;25-15-12-13-21-19(14-15)16-6-1-3-9-20(16)26(21)22-10-5-8-18-17-7-2-4-11-23(17)27-24(18)22;/h1-14,27H;1-14H;1H4. The summed E-state index contributed by atoms with van der Waals surface area (Å²) < 4.78 is 16.3. The minimum Gasteiger partial charge on any atom is -0.537 e. The van der Waals surface area contributed by atoms with Crippen molar-refractivity contribution in [3.63, 3.8) is 0 Å². The van der Waals surface area contributed by atoms with E-state index in [0.29, 0.717) is 5.75 Å². The second kappa shape index (κ2) is 14.2. The first-order valence-electron chi connectivity index (χ1n) is 18.3. The third-order valence-electron chi connectivity index (χ3n) is 10.7. The van der Waals surface area contributed by atoms with Gasteiger partial charge < -0.3 is 18.8 Å². The summed E-state index contributed by atoms with van der Waals surface area (Å²) in [6.45, 7) is 0. The lowest BCUT2D eigenvalue weighted by molar-refractivity contribution is 0.454. The second-order valence-corrected chi connectivity index (χ2v) is 16.8. The average Bonchev–Trinajstić information content (AvgIpc) is 3.99. The van der Waals surface area contributed by atoms with E-state index in [9.17, 15) is 0 Å². The zero-order valence-corrected chi connectivity index (χ0v) is 32.9. The summed E-state index contributed by atoms with van der Waals surface area (Å²) in [4.78, 5) is 0. The van der Waals surface area contributed by atoms with Gasteiger partial charge in [0.1, 0.15) is 5.75 Å². The van der Waals surface area contributed by atoms with Crippen LogP contribution < -0.4 is 4.65 Å². The molecule has 0 atom stereocenters. The van der Waals surface area contributed by atoms with Crippen molar-refractivity contribution in [1.82, 2.24) is 9.13 Å². The largest absolute Gasteiger partial charge is 0.569 e. The summed E-state index contributed by atoms with van der Waals surface area (Å²) in [7, 11) is 0.721. The molecule has 1 radical (unpaired) electrons. The van der Waals surface area contributed by atoms with Gasteiger partial charge in [0.05, 0.1) is 42.8 Å². The van der Waals surface area contributed by atoms with Crippen LogP contribution in [0.5, 0.6) is 5.75 Å². The second-order valence-electron chi connectivity index (χ2n) is 13.8. The molecule has 0 unspecified atom stereocenters. The third kappa shape index (κ3) is 5.66. The summed E-state index contributed by atoms with van der Waals surface area (Å²) in [5.74, 6) is 0.614. The number of aromatic nitrogens is 2. The number of hydrogen-bond acceptors (Lipinski definition) is 4. The van der Waals surface area contributed by atoms with Gasteiger partial charge in [-0.25, -0.2) is 0 Å². The molecule has 12 rings (SSSR count). The van der Waals surface area contributed by atoms with Crippen molar-refractivity contribution in [2.45, 2.75) is 7.43 Å². The lowest BCUT2D eigenvalue weighted by Gasteiger charge is -2.09. The number of rotatable bonds is 4. The molecule has 4 aromatic heterocycles. The molecule has 0 aliphatic heterocycles. The fraction of sp³-hybridized carbons (Fsp3) is 0.0204. The van der Waals surface area contributed by atoms with Crippen molar-refractivity contribution in [2.24, 2.45) is 0 Å². The Kier molecular flexibility index (Phi) is 8.87. The highest BCUT2D eigenvalue weighted by molar-refractivity contribution is 9.10. The number of halogens is 1. The van der Waals surface area contributed by atoms with Gasteiger partial charge in [0, 0.05) is 57.0 Å². The van der Waals surface area contributed by atoms with E-state index in [4.69, 9.17) is 9.68 Å². The monoisotopic (exact) mass is 835 g/mol. The lowest BCUT2D eigenvalue weighted by Crippen LogP contribution is -1.99. The Balaban J connectivity index is 0.000000137. The summed E-state index contributed by atoms with van der Waals surface area (Å²) in [6.07, 6.45) is 0. The molecule has 4 heterocycles. The topological polar surface area (TPSA) is 39.3 Å². The first kappa shape index (κ1) is 35.5. The van der Waals surface area contributed by atoms with E-state index >= 15 is 0 Å². The number of fused-ring (bicyclic) bond motifs is 12. The molecule has 1 N–H and O–H groups in total. The number of para-hydroxylation sites is 2. The maximum absolute atomic E-state index is 9.02. The van der Waals surface area contributed by atoms with Crippen molar-refractivity contribution >= 4 is 130 Å². The fourth-order valence-electron chi connectivity index (χ4n) is 8.37. The third-order valence-corrected chi connectivity index (χ3v) is 13.6. The van der Waals surface area contributed by atoms with Crippen LogP contribution in [0.2, 0.25) is 0 Å². The highest BCUT2D eigenvalue weighted by Gasteiger charge is 2.18. The molecule has 12 aromatic rings. The first-order valence-corrected chi connectivity index (χ1v) is 20.7. The zero-order valence-electron chi connectivity index (χ0n) is 29.7. The molecule has 0 aliphatic carbocycles. The van der Waals surface area contributed by atoms with Crippen LogP contribution in [-0.2, 0) is 0 Å². The van der Waals surface area contributed by atoms with Crippen molar-refractivity contribution in [3.05, 3.63) is 174 Å². The molecular weight excluding hydrogens is 803 g/mol. The molecule has 0 aliphatic rings. The Morgan fingerprint density at radius 3 is 1.42 bits per heavy atom. The summed E-state index contributed by atoms with van der Waals surface area (Å²) in [6, 6.07) is 60.0. The number of thiophene rings is 2. The van der Waals surface area contributed by atoms with Crippen LogP contribution in [-0.4, -0.2) is 21.8 Å². The average molecular weight is 837 g/mol. The molecular formula is C49H33BBrN2O2S2. The quantitative estimate of drug-likeness (QED) is 0.179. The van der Waals surface area contributed by atoms with Crippen molar-refractivity contribution < 1.29 is 9.68 Å². The lowest BCUT2D eigenvalue weighted by atomic mass is 10.1. The minimum absolute atomic E-state index is 0. The predicted octanol–water partition coefficient (Wildman–Crippen LogP) is 14.6. The molecule has 57 heavy (non-hydrogen) atoms. The van der Waals surface area contributed by atoms with E-state index in [2.05, 4.69) is 183 Å². The van der Waals surface area contributed by atoms with Gasteiger partial charge in [0.25, 0.3) is 0 Å². The van der Waals surface area contributed by atoms with Crippen LogP contribution in [0.3, 0.4) is 0 Å². The molecule has 0 bridgehead atoms. The number of nitrogens with zero attached hydrogens (tertiary/aromatic N) is 2. The van der Waals surface area contributed by atoms with Gasteiger partial charge in [0.15, 0.2) is 0 Å². The fourth-order valence-corrected chi connectivity index (χ4v) is 11.1. The predicted molar refractivity (Wildman–Crippen MR) is 250 cm³/mol. The Labute approximate surface area is 345 Å².